The maximum atomic E-state index is 9.25. The summed E-state index contributed by atoms with van der Waals surface area (Å²) in [6, 6.07) is 7.46. The van der Waals surface area contributed by atoms with Gasteiger partial charge in [0.05, 0.1) is 6.10 Å². The molecule has 0 spiro atoms. The van der Waals surface area contributed by atoms with Gasteiger partial charge < -0.3 is 10.4 Å². The molecule has 2 nitrogen and oxygen atoms in total. The van der Waals surface area contributed by atoms with E-state index in [0.717, 1.165) is 12.8 Å². The zero-order valence-corrected chi connectivity index (χ0v) is 10.3. The highest BCUT2D eigenvalue weighted by Gasteiger charge is 2.28. The SMILES string of the molecule is Cc1ccc(C(C)NC2CC(O)C2)c(C)c1. The van der Waals surface area contributed by atoms with Crippen LogP contribution in [0.5, 0.6) is 0 Å². The van der Waals surface area contributed by atoms with Crippen LogP contribution in [0.15, 0.2) is 18.2 Å². The van der Waals surface area contributed by atoms with Gasteiger partial charge in [0.2, 0.25) is 0 Å². The number of aryl methyl sites for hydroxylation is 2. The van der Waals surface area contributed by atoms with Crippen LogP contribution >= 0.6 is 0 Å². The number of aliphatic hydroxyl groups excluding tert-OH is 1. The van der Waals surface area contributed by atoms with Crippen LogP contribution in [0.25, 0.3) is 0 Å². The first-order valence-corrected chi connectivity index (χ1v) is 6.07. The lowest BCUT2D eigenvalue weighted by atomic mass is 9.88. The predicted octanol–water partition coefficient (Wildman–Crippen LogP) is 2.48. The number of hydrogen-bond donors (Lipinski definition) is 2. The van der Waals surface area contributed by atoms with Gasteiger partial charge in [-0.05, 0) is 44.7 Å². The van der Waals surface area contributed by atoms with E-state index in [9.17, 15) is 5.11 Å². The van der Waals surface area contributed by atoms with Crippen molar-refractivity contribution in [1.82, 2.24) is 5.32 Å². The van der Waals surface area contributed by atoms with E-state index in [0.29, 0.717) is 12.1 Å². The second kappa shape index (κ2) is 4.56. The summed E-state index contributed by atoms with van der Waals surface area (Å²) in [5.41, 5.74) is 4.03. The third-order valence-electron chi connectivity index (χ3n) is 3.49. The molecule has 1 saturated carbocycles. The molecule has 0 bridgehead atoms. The minimum absolute atomic E-state index is 0.0798. The molecule has 0 aromatic heterocycles. The van der Waals surface area contributed by atoms with Crippen LogP contribution in [0.3, 0.4) is 0 Å². The average Bonchev–Trinajstić information content (AvgIpc) is 2.15. The molecule has 1 unspecified atom stereocenters. The fourth-order valence-corrected chi connectivity index (χ4v) is 2.48. The normalized spacial score (nSPS) is 26.2. The summed E-state index contributed by atoms with van der Waals surface area (Å²) >= 11 is 0. The standard InChI is InChI=1S/C14H21NO/c1-9-4-5-14(10(2)6-9)11(3)15-12-7-13(16)8-12/h4-6,11-13,15-16H,7-8H2,1-3H3. The lowest BCUT2D eigenvalue weighted by Gasteiger charge is -2.35. The topological polar surface area (TPSA) is 32.3 Å². The minimum atomic E-state index is -0.0798. The zero-order chi connectivity index (χ0) is 11.7. The van der Waals surface area contributed by atoms with E-state index < -0.39 is 0 Å². The molecule has 2 rings (SSSR count). The molecule has 1 aliphatic rings. The Hall–Kier alpha value is -0.860. The van der Waals surface area contributed by atoms with Gasteiger partial charge in [-0.25, -0.2) is 0 Å². The number of benzene rings is 1. The Kier molecular flexibility index (Phi) is 3.31. The van der Waals surface area contributed by atoms with Gasteiger partial charge in [-0.1, -0.05) is 23.8 Å². The summed E-state index contributed by atoms with van der Waals surface area (Å²) in [5.74, 6) is 0. The molecule has 0 amide bonds. The van der Waals surface area contributed by atoms with E-state index in [1.165, 1.54) is 16.7 Å². The van der Waals surface area contributed by atoms with Gasteiger partial charge in [-0.15, -0.1) is 0 Å². The number of hydrogen-bond acceptors (Lipinski definition) is 2. The lowest BCUT2D eigenvalue weighted by molar-refractivity contribution is 0.0585. The van der Waals surface area contributed by atoms with Crippen molar-refractivity contribution in [3.05, 3.63) is 34.9 Å². The maximum Gasteiger partial charge on any atom is 0.0570 e. The monoisotopic (exact) mass is 219 g/mol. The summed E-state index contributed by atoms with van der Waals surface area (Å²) in [6.45, 7) is 6.48. The van der Waals surface area contributed by atoms with Gasteiger partial charge in [-0.2, -0.15) is 0 Å². The van der Waals surface area contributed by atoms with E-state index in [-0.39, 0.29) is 6.10 Å². The van der Waals surface area contributed by atoms with Crippen LogP contribution < -0.4 is 5.32 Å². The molecule has 16 heavy (non-hydrogen) atoms. The number of rotatable bonds is 3. The van der Waals surface area contributed by atoms with Crippen molar-refractivity contribution < 1.29 is 5.11 Å². The molecule has 0 radical (unpaired) electrons. The minimum Gasteiger partial charge on any atom is -0.393 e. The molecule has 0 heterocycles. The second-order valence-corrected chi connectivity index (χ2v) is 5.07. The Morgan fingerprint density at radius 1 is 1.31 bits per heavy atom. The van der Waals surface area contributed by atoms with E-state index >= 15 is 0 Å². The molecular weight excluding hydrogens is 198 g/mol. The largest absolute Gasteiger partial charge is 0.393 e. The molecule has 1 aromatic rings. The molecule has 2 heteroatoms. The van der Waals surface area contributed by atoms with Crippen LogP contribution in [0.2, 0.25) is 0 Å². The van der Waals surface area contributed by atoms with E-state index in [2.05, 4.69) is 44.3 Å². The summed E-state index contributed by atoms with van der Waals surface area (Å²) < 4.78 is 0. The highest BCUT2D eigenvalue weighted by atomic mass is 16.3. The van der Waals surface area contributed by atoms with Gasteiger partial charge >= 0.3 is 0 Å². The van der Waals surface area contributed by atoms with Crippen molar-refractivity contribution >= 4 is 0 Å². The van der Waals surface area contributed by atoms with E-state index in [1.807, 2.05) is 0 Å². The molecule has 0 saturated heterocycles. The van der Waals surface area contributed by atoms with Crippen LogP contribution in [-0.4, -0.2) is 17.3 Å². The van der Waals surface area contributed by atoms with Crippen molar-refractivity contribution in [2.45, 2.75) is 51.8 Å². The summed E-state index contributed by atoms with van der Waals surface area (Å²) in [6.07, 6.45) is 1.72. The van der Waals surface area contributed by atoms with Crippen LogP contribution in [0.4, 0.5) is 0 Å². The van der Waals surface area contributed by atoms with Crippen molar-refractivity contribution in [3.63, 3.8) is 0 Å². The average molecular weight is 219 g/mol. The third-order valence-corrected chi connectivity index (χ3v) is 3.49. The third kappa shape index (κ3) is 2.45. The first kappa shape index (κ1) is 11.6. The predicted molar refractivity (Wildman–Crippen MR) is 66.5 cm³/mol. The molecule has 2 N–H and O–H groups in total. The first-order chi connectivity index (χ1) is 7.56. The molecular formula is C14H21NO. The Bertz CT molecular complexity index is 369. The number of nitrogens with one attached hydrogen (secondary N) is 1. The highest BCUT2D eigenvalue weighted by Crippen LogP contribution is 2.25. The maximum absolute atomic E-state index is 9.25. The van der Waals surface area contributed by atoms with Gasteiger partial charge in [-0.3, -0.25) is 0 Å². The van der Waals surface area contributed by atoms with Crippen molar-refractivity contribution in [1.29, 1.82) is 0 Å². The first-order valence-electron chi connectivity index (χ1n) is 6.07. The second-order valence-electron chi connectivity index (χ2n) is 5.07. The van der Waals surface area contributed by atoms with Gasteiger partial charge in [0.25, 0.3) is 0 Å². The molecule has 1 aromatic carbocycles. The smallest absolute Gasteiger partial charge is 0.0570 e. The van der Waals surface area contributed by atoms with Gasteiger partial charge in [0.1, 0.15) is 0 Å². The van der Waals surface area contributed by atoms with Gasteiger partial charge in [0, 0.05) is 12.1 Å². The summed E-state index contributed by atoms with van der Waals surface area (Å²) in [4.78, 5) is 0. The highest BCUT2D eigenvalue weighted by molar-refractivity contribution is 5.32. The van der Waals surface area contributed by atoms with E-state index in [4.69, 9.17) is 0 Å². The summed E-state index contributed by atoms with van der Waals surface area (Å²) in [7, 11) is 0. The lowest BCUT2D eigenvalue weighted by Crippen LogP contribution is -2.45. The van der Waals surface area contributed by atoms with Crippen LogP contribution in [0, 0.1) is 13.8 Å². The molecule has 1 aliphatic carbocycles. The Labute approximate surface area is 97.7 Å². The van der Waals surface area contributed by atoms with Crippen molar-refractivity contribution in [3.8, 4) is 0 Å². The molecule has 88 valence electrons. The zero-order valence-electron chi connectivity index (χ0n) is 10.3. The summed E-state index contributed by atoms with van der Waals surface area (Å²) in [5, 5.41) is 12.8. The Balaban J connectivity index is 2.00. The Morgan fingerprint density at radius 2 is 2.00 bits per heavy atom. The Morgan fingerprint density at radius 3 is 2.56 bits per heavy atom. The van der Waals surface area contributed by atoms with Crippen LogP contribution in [0.1, 0.15) is 42.5 Å². The van der Waals surface area contributed by atoms with Crippen molar-refractivity contribution in [2.75, 3.05) is 0 Å². The number of aliphatic hydroxyl groups is 1. The van der Waals surface area contributed by atoms with E-state index in [1.54, 1.807) is 0 Å². The van der Waals surface area contributed by atoms with Crippen LogP contribution in [-0.2, 0) is 0 Å². The fourth-order valence-electron chi connectivity index (χ4n) is 2.48. The fraction of sp³-hybridized carbons (Fsp3) is 0.571. The quantitative estimate of drug-likeness (QED) is 0.818. The molecule has 0 aliphatic heterocycles. The molecule has 1 fully saturated rings. The van der Waals surface area contributed by atoms with Gasteiger partial charge in [0.15, 0.2) is 0 Å². The van der Waals surface area contributed by atoms with Crippen molar-refractivity contribution in [2.24, 2.45) is 0 Å². The molecule has 1 atom stereocenters.